The second kappa shape index (κ2) is 4.99. The summed E-state index contributed by atoms with van der Waals surface area (Å²) in [5.41, 5.74) is 0. The minimum Gasteiger partial charge on any atom is -0.465 e. The highest BCUT2D eigenvalue weighted by Gasteiger charge is 2.33. The van der Waals surface area contributed by atoms with Crippen molar-refractivity contribution in [2.45, 2.75) is 25.1 Å². The van der Waals surface area contributed by atoms with Crippen molar-refractivity contribution in [2.24, 2.45) is 0 Å². The highest BCUT2D eigenvalue weighted by atomic mass is 32.1. The molecule has 94 valence electrons. The van der Waals surface area contributed by atoms with Gasteiger partial charge in [0.05, 0.1) is 6.04 Å². The third-order valence-electron chi connectivity index (χ3n) is 2.93. The van der Waals surface area contributed by atoms with Crippen molar-refractivity contribution >= 4 is 17.4 Å². The minimum atomic E-state index is -0.949. The number of aliphatic hydroxyl groups is 1. The lowest BCUT2D eigenvalue weighted by Crippen LogP contribution is -2.58. The van der Waals surface area contributed by atoms with Crippen LogP contribution in [0.5, 0.6) is 0 Å². The molecule has 0 bridgehead atoms. The molecule has 1 fully saturated rings. The number of nitrogens with one attached hydrogen (secondary N) is 1. The van der Waals surface area contributed by atoms with Crippen LogP contribution in [-0.4, -0.2) is 51.4 Å². The van der Waals surface area contributed by atoms with E-state index in [1.54, 1.807) is 11.6 Å². The normalized spacial score (nSPS) is 26.8. The van der Waals surface area contributed by atoms with E-state index >= 15 is 0 Å². The fourth-order valence-electron chi connectivity index (χ4n) is 1.92. The van der Waals surface area contributed by atoms with Crippen molar-refractivity contribution in [1.29, 1.82) is 0 Å². The average Bonchev–Trinajstić information content (AvgIpc) is 2.81. The van der Waals surface area contributed by atoms with Gasteiger partial charge in [0.25, 0.3) is 0 Å². The van der Waals surface area contributed by atoms with Gasteiger partial charge in [-0.2, -0.15) is 0 Å². The molecule has 1 aromatic heterocycles. The van der Waals surface area contributed by atoms with E-state index in [0.29, 0.717) is 11.6 Å². The predicted molar refractivity (Wildman–Crippen MR) is 63.1 cm³/mol. The zero-order valence-electron chi connectivity index (χ0n) is 9.41. The lowest BCUT2D eigenvalue weighted by molar-refractivity contribution is 0.0560. The first-order valence-electron chi connectivity index (χ1n) is 5.40. The topological polar surface area (TPSA) is 85.7 Å². The van der Waals surface area contributed by atoms with Gasteiger partial charge in [0.2, 0.25) is 0 Å². The number of aliphatic hydroxyl groups excluding tert-OH is 1. The van der Waals surface area contributed by atoms with Crippen molar-refractivity contribution in [1.82, 2.24) is 15.2 Å². The second-order valence-electron chi connectivity index (χ2n) is 4.11. The quantitative estimate of drug-likeness (QED) is 0.719. The molecular weight excluding hydrogens is 242 g/mol. The number of thiazole rings is 1. The Labute approximate surface area is 103 Å². The van der Waals surface area contributed by atoms with Crippen LogP contribution in [-0.2, 0) is 0 Å². The van der Waals surface area contributed by atoms with Crippen LogP contribution < -0.4 is 5.32 Å². The number of hydrogen-bond acceptors (Lipinski definition) is 5. The Balaban J connectivity index is 2.05. The number of piperazine rings is 1. The van der Waals surface area contributed by atoms with Gasteiger partial charge in [0.1, 0.15) is 11.1 Å². The molecule has 2 heterocycles. The Morgan fingerprint density at radius 2 is 2.53 bits per heavy atom. The molecule has 17 heavy (non-hydrogen) atoms. The molecule has 1 saturated heterocycles. The molecule has 0 aliphatic carbocycles. The van der Waals surface area contributed by atoms with E-state index in [1.807, 2.05) is 6.92 Å². The lowest BCUT2D eigenvalue weighted by atomic mass is 10.1. The lowest BCUT2D eigenvalue weighted by Gasteiger charge is -2.38. The van der Waals surface area contributed by atoms with Gasteiger partial charge >= 0.3 is 6.09 Å². The molecule has 0 saturated carbocycles. The number of hydrogen-bond donors (Lipinski definition) is 3. The standard InChI is InChI=1S/C10H15N3O3S/c1-6-4-12-7(5-13(6)10(15)16)8(14)9-11-2-3-17-9/h2-3,6-8,12,14H,4-5H2,1H3,(H,15,16)/t6-,7-,8?/m1/s1. The molecule has 0 spiro atoms. The highest BCUT2D eigenvalue weighted by molar-refractivity contribution is 7.09. The van der Waals surface area contributed by atoms with Gasteiger partial charge in [-0.15, -0.1) is 11.3 Å². The molecule has 2 rings (SSSR count). The van der Waals surface area contributed by atoms with Crippen LogP contribution in [0.3, 0.4) is 0 Å². The molecule has 6 nitrogen and oxygen atoms in total. The summed E-state index contributed by atoms with van der Waals surface area (Å²) in [6.45, 7) is 2.66. The van der Waals surface area contributed by atoms with E-state index in [4.69, 9.17) is 5.11 Å². The maximum Gasteiger partial charge on any atom is 0.407 e. The zero-order valence-corrected chi connectivity index (χ0v) is 10.2. The summed E-state index contributed by atoms with van der Waals surface area (Å²) in [5, 5.41) is 24.7. The van der Waals surface area contributed by atoms with E-state index in [9.17, 15) is 9.90 Å². The maximum absolute atomic E-state index is 11.0. The monoisotopic (exact) mass is 257 g/mol. The van der Waals surface area contributed by atoms with Crippen LogP contribution in [0.1, 0.15) is 18.0 Å². The largest absolute Gasteiger partial charge is 0.465 e. The van der Waals surface area contributed by atoms with Gasteiger partial charge < -0.3 is 20.4 Å². The van der Waals surface area contributed by atoms with Crippen LogP contribution in [0.15, 0.2) is 11.6 Å². The molecule has 3 atom stereocenters. The van der Waals surface area contributed by atoms with Gasteiger partial charge in [-0.1, -0.05) is 0 Å². The SMILES string of the molecule is C[C@@H]1CN[C@@H](C(O)c2nccs2)CN1C(=O)O. The van der Waals surface area contributed by atoms with Crippen molar-refractivity contribution in [3.63, 3.8) is 0 Å². The number of nitrogens with zero attached hydrogens (tertiary/aromatic N) is 2. The summed E-state index contributed by atoms with van der Waals surface area (Å²) in [7, 11) is 0. The van der Waals surface area contributed by atoms with E-state index in [0.717, 1.165) is 0 Å². The first kappa shape index (κ1) is 12.3. The Morgan fingerprint density at radius 3 is 3.12 bits per heavy atom. The van der Waals surface area contributed by atoms with E-state index in [2.05, 4.69) is 10.3 Å². The van der Waals surface area contributed by atoms with Crippen molar-refractivity contribution in [3.05, 3.63) is 16.6 Å². The number of rotatable bonds is 2. The molecule has 0 aromatic carbocycles. The minimum absolute atomic E-state index is 0.0766. The molecule has 7 heteroatoms. The van der Waals surface area contributed by atoms with Crippen LogP contribution in [0.25, 0.3) is 0 Å². The fraction of sp³-hybridized carbons (Fsp3) is 0.600. The Hall–Kier alpha value is -1.18. The first-order valence-corrected chi connectivity index (χ1v) is 6.28. The Morgan fingerprint density at radius 1 is 1.76 bits per heavy atom. The number of aromatic nitrogens is 1. The molecule has 1 aliphatic rings. The average molecular weight is 257 g/mol. The zero-order chi connectivity index (χ0) is 12.4. The molecule has 1 aliphatic heterocycles. The van der Waals surface area contributed by atoms with E-state index < -0.39 is 12.2 Å². The van der Waals surface area contributed by atoms with Crippen LogP contribution in [0, 0.1) is 0 Å². The summed E-state index contributed by atoms with van der Waals surface area (Å²) in [6, 6.07) is -0.374. The molecule has 0 radical (unpaired) electrons. The van der Waals surface area contributed by atoms with Gasteiger partial charge in [-0.3, -0.25) is 0 Å². The summed E-state index contributed by atoms with van der Waals surface area (Å²) in [5.74, 6) is 0. The molecular formula is C10H15N3O3S. The summed E-state index contributed by atoms with van der Waals surface area (Å²) < 4.78 is 0. The third-order valence-corrected chi connectivity index (χ3v) is 3.78. The van der Waals surface area contributed by atoms with Crippen LogP contribution in [0.4, 0.5) is 4.79 Å². The predicted octanol–water partition coefficient (Wildman–Crippen LogP) is 0.517. The van der Waals surface area contributed by atoms with Gasteiger partial charge in [-0.25, -0.2) is 9.78 Å². The van der Waals surface area contributed by atoms with Crippen molar-refractivity contribution in [3.8, 4) is 0 Å². The van der Waals surface area contributed by atoms with Crippen molar-refractivity contribution < 1.29 is 15.0 Å². The Kier molecular flexibility index (Phi) is 3.60. The van der Waals surface area contributed by atoms with E-state index in [1.165, 1.54) is 16.2 Å². The first-order chi connectivity index (χ1) is 8.09. The van der Waals surface area contributed by atoms with Gasteiger partial charge in [0.15, 0.2) is 0 Å². The molecule has 1 aromatic rings. The molecule has 3 N–H and O–H groups in total. The fourth-order valence-corrected chi connectivity index (χ4v) is 2.61. The molecule has 1 unspecified atom stereocenters. The summed E-state index contributed by atoms with van der Waals surface area (Å²) in [4.78, 5) is 16.4. The summed E-state index contributed by atoms with van der Waals surface area (Å²) in [6.07, 6.45) is -0.0800. The number of amides is 1. The highest BCUT2D eigenvalue weighted by Crippen LogP contribution is 2.22. The number of carboxylic acid groups (broad SMARTS) is 1. The molecule has 1 amide bonds. The van der Waals surface area contributed by atoms with Gasteiger partial charge in [0, 0.05) is 30.7 Å². The van der Waals surface area contributed by atoms with Crippen LogP contribution >= 0.6 is 11.3 Å². The number of carbonyl (C=O) groups is 1. The van der Waals surface area contributed by atoms with Crippen LogP contribution in [0.2, 0.25) is 0 Å². The van der Waals surface area contributed by atoms with Gasteiger partial charge in [-0.05, 0) is 6.92 Å². The van der Waals surface area contributed by atoms with E-state index in [-0.39, 0.29) is 18.6 Å². The third kappa shape index (κ3) is 2.56. The second-order valence-corrected chi connectivity index (χ2v) is 5.04. The van der Waals surface area contributed by atoms with Crippen molar-refractivity contribution in [2.75, 3.05) is 13.1 Å². The Bertz CT molecular complexity index is 384. The summed E-state index contributed by atoms with van der Waals surface area (Å²) >= 11 is 1.37. The smallest absolute Gasteiger partial charge is 0.407 e. The maximum atomic E-state index is 11.0.